The van der Waals surface area contributed by atoms with E-state index in [1.807, 2.05) is 0 Å². The van der Waals surface area contributed by atoms with Crippen molar-refractivity contribution in [3.05, 3.63) is 28.3 Å². The molecule has 0 spiro atoms. The van der Waals surface area contributed by atoms with Crippen molar-refractivity contribution >= 4 is 0 Å². The topological polar surface area (TPSA) is 44.5 Å². The third-order valence-corrected chi connectivity index (χ3v) is 3.41. The number of nitrogens with two attached hydrogens (primary N) is 1. The molecule has 3 nitrogen and oxygen atoms in total. The fraction of sp³-hybridized carbons (Fsp3) is 0.538. The van der Waals surface area contributed by atoms with Crippen molar-refractivity contribution in [2.45, 2.75) is 26.3 Å². The van der Waals surface area contributed by atoms with Gasteiger partial charge in [0.1, 0.15) is 5.75 Å². The minimum absolute atomic E-state index is 0.367. The minimum atomic E-state index is -0.367. The van der Waals surface area contributed by atoms with Crippen LogP contribution in [0.4, 0.5) is 0 Å². The smallest absolute Gasteiger partial charge is 0.127 e. The zero-order valence-corrected chi connectivity index (χ0v) is 10.4. The van der Waals surface area contributed by atoms with Crippen molar-refractivity contribution in [1.29, 1.82) is 0 Å². The highest BCUT2D eigenvalue weighted by Gasteiger charge is 2.40. The summed E-state index contributed by atoms with van der Waals surface area (Å²) in [5, 5.41) is 0. The van der Waals surface area contributed by atoms with Crippen LogP contribution in [-0.2, 0) is 10.3 Å². The molecule has 0 bridgehead atoms. The first-order chi connectivity index (χ1) is 7.49. The molecule has 1 heterocycles. The molecule has 0 amide bonds. The van der Waals surface area contributed by atoms with Crippen LogP contribution in [0.2, 0.25) is 0 Å². The van der Waals surface area contributed by atoms with Crippen LogP contribution in [0.5, 0.6) is 5.75 Å². The molecule has 0 saturated carbocycles. The van der Waals surface area contributed by atoms with Gasteiger partial charge in [-0.3, -0.25) is 0 Å². The number of hydrogen-bond acceptors (Lipinski definition) is 3. The van der Waals surface area contributed by atoms with E-state index in [9.17, 15) is 0 Å². The van der Waals surface area contributed by atoms with E-state index in [4.69, 9.17) is 15.2 Å². The summed E-state index contributed by atoms with van der Waals surface area (Å²) < 4.78 is 10.8. The van der Waals surface area contributed by atoms with Gasteiger partial charge in [-0.25, -0.2) is 0 Å². The van der Waals surface area contributed by atoms with Gasteiger partial charge in [0.15, 0.2) is 0 Å². The zero-order valence-electron chi connectivity index (χ0n) is 10.4. The molecule has 0 aliphatic carbocycles. The summed E-state index contributed by atoms with van der Waals surface area (Å²) in [5.41, 5.74) is 10.6. The van der Waals surface area contributed by atoms with Crippen molar-refractivity contribution in [3.8, 4) is 5.75 Å². The summed E-state index contributed by atoms with van der Waals surface area (Å²) in [5.74, 6) is 0.920. The largest absolute Gasteiger partial charge is 0.496 e. The van der Waals surface area contributed by atoms with Gasteiger partial charge in [0.05, 0.1) is 25.9 Å². The van der Waals surface area contributed by atoms with E-state index >= 15 is 0 Å². The molecule has 88 valence electrons. The van der Waals surface area contributed by atoms with Crippen LogP contribution in [0.25, 0.3) is 0 Å². The Kier molecular flexibility index (Phi) is 2.68. The van der Waals surface area contributed by atoms with E-state index in [1.165, 1.54) is 16.7 Å². The van der Waals surface area contributed by atoms with Crippen molar-refractivity contribution in [3.63, 3.8) is 0 Å². The minimum Gasteiger partial charge on any atom is -0.496 e. The van der Waals surface area contributed by atoms with E-state index < -0.39 is 0 Å². The van der Waals surface area contributed by atoms with E-state index in [2.05, 4.69) is 26.8 Å². The standard InChI is InChI=1S/C13H19NO2/c1-8-5-9(2)11(12(15-4)10(8)3)13(14)6-16-7-13/h5H,6-7,14H2,1-4H3. The maximum Gasteiger partial charge on any atom is 0.127 e. The molecule has 0 radical (unpaired) electrons. The Balaban J connectivity index is 2.63. The number of benzene rings is 1. The van der Waals surface area contributed by atoms with Gasteiger partial charge in [0.25, 0.3) is 0 Å². The van der Waals surface area contributed by atoms with Crippen molar-refractivity contribution < 1.29 is 9.47 Å². The van der Waals surface area contributed by atoms with Gasteiger partial charge in [-0.15, -0.1) is 0 Å². The molecule has 1 saturated heterocycles. The average Bonchev–Trinajstić information content (AvgIpc) is 2.19. The van der Waals surface area contributed by atoms with Crippen LogP contribution < -0.4 is 10.5 Å². The molecular weight excluding hydrogens is 202 g/mol. The van der Waals surface area contributed by atoms with Crippen LogP contribution in [-0.4, -0.2) is 20.3 Å². The molecule has 1 aliphatic rings. The average molecular weight is 221 g/mol. The molecule has 0 unspecified atom stereocenters. The van der Waals surface area contributed by atoms with E-state index in [-0.39, 0.29) is 5.54 Å². The van der Waals surface area contributed by atoms with Gasteiger partial charge >= 0.3 is 0 Å². The molecule has 0 aromatic heterocycles. The SMILES string of the molecule is COc1c(C)c(C)cc(C)c1C1(N)COC1. The van der Waals surface area contributed by atoms with E-state index in [0.717, 1.165) is 11.3 Å². The Bertz CT molecular complexity index is 422. The Hall–Kier alpha value is -1.06. The Morgan fingerprint density at radius 2 is 1.88 bits per heavy atom. The maximum atomic E-state index is 6.32. The fourth-order valence-corrected chi connectivity index (χ4v) is 2.39. The second kappa shape index (κ2) is 3.75. The highest BCUT2D eigenvalue weighted by molar-refractivity contribution is 5.53. The van der Waals surface area contributed by atoms with Crippen LogP contribution in [0.15, 0.2) is 6.07 Å². The monoisotopic (exact) mass is 221 g/mol. The normalized spacial score (nSPS) is 18.1. The summed E-state index contributed by atoms with van der Waals surface area (Å²) in [7, 11) is 1.70. The van der Waals surface area contributed by atoms with E-state index in [0.29, 0.717) is 13.2 Å². The lowest BCUT2D eigenvalue weighted by molar-refractivity contribution is -0.0581. The zero-order chi connectivity index (χ0) is 11.9. The second-order valence-corrected chi connectivity index (χ2v) is 4.69. The molecule has 16 heavy (non-hydrogen) atoms. The van der Waals surface area contributed by atoms with Gasteiger partial charge in [-0.1, -0.05) is 6.07 Å². The predicted molar refractivity (Wildman–Crippen MR) is 63.9 cm³/mol. The Morgan fingerprint density at radius 1 is 1.25 bits per heavy atom. The molecular formula is C13H19NO2. The Morgan fingerprint density at radius 3 is 2.31 bits per heavy atom. The molecule has 1 aromatic carbocycles. The number of ether oxygens (including phenoxy) is 2. The molecule has 1 aliphatic heterocycles. The lowest BCUT2D eigenvalue weighted by Crippen LogP contribution is -2.54. The quantitative estimate of drug-likeness (QED) is 0.828. The predicted octanol–water partition coefficient (Wildman–Crippen LogP) is 1.80. The highest BCUT2D eigenvalue weighted by atomic mass is 16.5. The Labute approximate surface area is 96.5 Å². The summed E-state index contributed by atoms with van der Waals surface area (Å²) >= 11 is 0. The first-order valence-electron chi connectivity index (χ1n) is 5.51. The van der Waals surface area contributed by atoms with Crippen LogP contribution >= 0.6 is 0 Å². The molecule has 2 N–H and O–H groups in total. The van der Waals surface area contributed by atoms with Gasteiger partial charge in [0.2, 0.25) is 0 Å². The van der Waals surface area contributed by atoms with Crippen LogP contribution in [0, 0.1) is 20.8 Å². The summed E-state index contributed by atoms with van der Waals surface area (Å²) in [4.78, 5) is 0. The van der Waals surface area contributed by atoms with E-state index in [1.54, 1.807) is 7.11 Å². The van der Waals surface area contributed by atoms with Crippen molar-refractivity contribution in [1.82, 2.24) is 0 Å². The highest BCUT2D eigenvalue weighted by Crippen LogP contribution is 2.39. The first kappa shape index (κ1) is 11.4. The number of methoxy groups -OCH3 is 1. The molecule has 0 atom stereocenters. The summed E-state index contributed by atoms with van der Waals surface area (Å²) in [6.07, 6.45) is 0. The fourth-order valence-electron chi connectivity index (χ4n) is 2.39. The van der Waals surface area contributed by atoms with Crippen molar-refractivity contribution in [2.24, 2.45) is 5.73 Å². The van der Waals surface area contributed by atoms with Gasteiger partial charge in [-0.2, -0.15) is 0 Å². The van der Waals surface area contributed by atoms with Gasteiger partial charge in [0, 0.05) is 5.56 Å². The summed E-state index contributed by atoms with van der Waals surface area (Å²) in [6, 6.07) is 2.17. The van der Waals surface area contributed by atoms with Crippen LogP contribution in [0.3, 0.4) is 0 Å². The molecule has 1 fully saturated rings. The molecule has 2 rings (SSSR count). The number of rotatable bonds is 2. The number of aryl methyl sites for hydroxylation is 2. The van der Waals surface area contributed by atoms with Crippen LogP contribution in [0.1, 0.15) is 22.3 Å². The lowest BCUT2D eigenvalue weighted by Gasteiger charge is -2.40. The molecule has 1 aromatic rings. The number of hydrogen-bond donors (Lipinski definition) is 1. The lowest BCUT2D eigenvalue weighted by atomic mass is 9.83. The van der Waals surface area contributed by atoms with Gasteiger partial charge < -0.3 is 15.2 Å². The van der Waals surface area contributed by atoms with Crippen molar-refractivity contribution in [2.75, 3.05) is 20.3 Å². The second-order valence-electron chi connectivity index (χ2n) is 4.69. The third-order valence-electron chi connectivity index (χ3n) is 3.41. The van der Waals surface area contributed by atoms with Gasteiger partial charge in [-0.05, 0) is 37.5 Å². The third kappa shape index (κ3) is 1.51. The maximum absolute atomic E-state index is 6.32. The first-order valence-corrected chi connectivity index (χ1v) is 5.51. The molecule has 3 heteroatoms. The summed E-state index contributed by atoms with van der Waals surface area (Å²) in [6.45, 7) is 7.39.